The van der Waals surface area contributed by atoms with E-state index in [4.69, 9.17) is 0 Å². The Labute approximate surface area is 153 Å². The van der Waals surface area contributed by atoms with Crippen LogP contribution < -0.4 is 5.32 Å². The number of benzene rings is 1. The van der Waals surface area contributed by atoms with Crippen LogP contribution in [0.2, 0.25) is 0 Å². The summed E-state index contributed by atoms with van der Waals surface area (Å²) in [5, 5.41) is 15.0. The lowest BCUT2D eigenvalue weighted by Gasteiger charge is -2.09. The van der Waals surface area contributed by atoms with Crippen molar-refractivity contribution in [3.05, 3.63) is 71.1 Å². The molecule has 3 aromatic heterocycles. The number of carbonyl (C=O) groups is 1. The molecule has 3 heterocycles. The van der Waals surface area contributed by atoms with E-state index in [1.165, 1.54) is 6.33 Å². The summed E-state index contributed by atoms with van der Waals surface area (Å²) in [4.78, 5) is 14.1. The summed E-state index contributed by atoms with van der Waals surface area (Å²) in [6, 6.07) is 11.3. The van der Waals surface area contributed by atoms with E-state index in [1.54, 1.807) is 16.0 Å². The van der Waals surface area contributed by atoms with Gasteiger partial charge in [-0.15, -0.1) is 16.4 Å². The van der Waals surface area contributed by atoms with Crippen LogP contribution in [0.3, 0.4) is 0 Å². The van der Waals surface area contributed by atoms with Gasteiger partial charge in [-0.05, 0) is 60.2 Å². The largest absolute Gasteiger partial charge is 0.322 e. The summed E-state index contributed by atoms with van der Waals surface area (Å²) in [5.74, 6) is -0.135. The van der Waals surface area contributed by atoms with Crippen LogP contribution in [0, 0.1) is 13.8 Å². The lowest BCUT2D eigenvalue weighted by atomic mass is 10.1. The number of nitrogens with one attached hydrogen (secondary N) is 1. The van der Waals surface area contributed by atoms with Crippen molar-refractivity contribution in [1.82, 2.24) is 24.8 Å². The van der Waals surface area contributed by atoms with Gasteiger partial charge in [0.15, 0.2) is 0 Å². The number of aromatic nitrogens is 5. The number of anilines is 1. The molecule has 0 aliphatic heterocycles. The number of amides is 1. The molecule has 26 heavy (non-hydrogen) atoms. The second-order valence-corrected chi connectivity index (χ2v) is 7.02. The maximum atomic E-state index is 13.0. The van der Waals surface area contributed by atoms with Crippen LogP contribution in [0.15, 0.2) is 55.1 Å². The van der Waals surface area contributed by atoms with Crippen LogP contribution >= 0.6 is 11.3 Å². The van der Waals surface area contributed by atoms with Crippen LogP contribution in [-0.4, -0.2) is 30.7 Å². The molecule has 0 spiro atoms. The number of nitrogens with zero attached hydrogens (tertiary/aromatic N) is 5. The van der Waals surface area contributed by atoms with Crippen LogP contribution in [0.1, 0.15) is 20.8 Å². The summed E-state index contributed by atoms with van der Waals surface area (Å²) in [6.07, 6.45) is 5.40. The molecule has 1 amide bonds. The van der Waals surface area contributed by atoms with E-state index in [0.717, 1.165) is 21.1 Å². The van der Waals surface area contributed by atoms with Gasteiger partial charge in [-0.3, -0.25) is 4.79 Å². The summed E-state index contributed by atoms with van der Waals surface area (Å²) >= 11 is 1.61. The average Bonchev–Trinajstić information content (AvgIpc) is 3.37. The van der Waals surface area contributed by atoms with Crippen molar-refractivity contribution < 1.29 is 4.79 Å². The highest BCUT2D eigenvalue weighted by molar-refractivity contribution is 7.15. The summed E-state index contributed by atoms with van der Waals surface area (Å²) in [6.45, 7) is 4.01. The predicted molar refractivity (Wildman–Crippen MR) is 100 cm³/mol. The first-order valence-electron chi connectivity index (χ1n) is 8.01. The van der Waals surface area contributed by atoms with Gasteiger partial charge in [-0.1, -0.05) is 6.07 Å². The van der Waals surface area contributed by atoms with Crippen molar-refractivity contribution in [1.29, 1.82) is 0 Å². The van der Waals surface area contributed by atoms with Gasteiger partial charge < -0.3 is 9.88 Å². The highest BCUT2D eigenvalue weighted by Crippen LogP contribution is 2.31. The van der Waals surface area contributed by atoms with Gasteiger partial charge in [0.1, 0.15) is 11.3 Å². The molecule has 0 unspecified atom stereocenters. The van der Waals surface area contributed by atoms with Crippen molar-refractivity contribution in [3.63, 3.8) is 0 Å². The predicted octanol–water partition coefficient (Wildman–Crippen LogP) is 3.38. The normalized spacial score (nSPS) is 10.8. The molecule has 0 aliphatic rings. The van der Waals surface area contributed by atoms with E-state index >= 15 is 0 Å². The van der Waals surface area contributed by atoms with Crippen molar-refractivity contribution in [2.75, 3.05) is 5.32 Å². The molecule has 1 aromatic carbocycles. The van der Waals surface area contributed by atoms with Crippen molar-refractivity contribution >= 4 is 22.9 Å². The zero-order valence-corrected chi connectivity index (χ0v) is 15.1. The van der Waals surface area contributed by atoms with Crippen LogP contribution in [0.25, 0.3) is 10.7 Å². The summed E-state index contributed by atoms with van der Waals surface area (Å²) in [7, 11) is 0. The molecule has 0 atom stereocenters. The smallest absolute Gasteiger partial charge is 0.258 e. The summed E-state index contributed by atoms with van der Waals surface area (Å²) < 4.78 is 3.51. The highest BCUT2D eigenvalue weighted by atomic mass is 32.1. The second-order valence-electron chi connectivity index (χ2n) is 5.81. The molecule has 0 aliphatic carbocycles. The van der Waals surface area contributed by atoms with Gasteiger partial charge >= 0.3 is 0 Å². The van der Waals surface area contributed by atoms with Crippen molar-refractivity contribution in [2.24, 2.45) is 0 Å². The minimum Gasteiger partial charge on any atom is -0.322 e. The first-order valence-corrected chi connectivity index (χ1v) is 8.83. The molecule has 0 saturated heterocycles. The Balaban J connectivity index is 1.67. The zero-order chi connectivity index (χ0) is 18.1. The molecule has 4 rings (SSSR count). The molecular formula is C18H16N6OS. The van der Waals surface area contributed by atoms with E-state index < -0.39 is 0 Å². The first-order chi connectivity index (χ1) is 12.6. The quantitative estimate of drug-likeness (QED) is 0.602. The Kier molecular flexibility index (Phi) is 4.10. The van der Waals surface area contributed by atoms with Gasteiger partial charge in [-0.2, -0.15) is 0 Å². The van der Waals surface area contributed by atoms with E-state index in [2.05, 4.69) is 20.8 Å². The number of tetrazole rings is 1. The molecule has 8 heteroatoms. The second kappa shape index (κ2) is 6.57. The van der Waals surface area contributed by atoms with Crippen molar-refractivity contribution in [3.8, 4) is 10.7 Å². The fourth-order valence-corrected chi connectivity index (χ4v) is 3.85. The number of aryl methyl sites for hydroxylation is 1. The molecule has 0 saturated carbocycles. The third-order valence-electron chi connectivity index (χ3n) is 4.15. The topological polar surface area (TPSA) is 77.6 Å². The van der Waals surface area contributed by atoms with Gasteiger partial charge in [0.25, 0.3) is 5.91 Å². The average molecular weight is 364 g/mol. The van der Waals surface area contributed by atoms with E-state index in [9.17, 15) is 4.79 Å². The molecule has 0 fully saturated rings. The van der Waals surface area contributed by atoms with Gasteiger partial charge in [0.05, 0.1) is 11.3 Å². The van der Waals surface area contributed by atoms with Crippen LogP contribution in [-0.2, 0) is 0 Å². The number of thiophene rings is 1. The summed E-state index contributed by atoms with van der Waals surface area (Å²) in [5.41, 5.74) is 3.14. The molecule has 1 N–H and O–H groups in total. The minimum atomic E-state index is -0.135. The molecule has 4 aromatic rings. The first kappa shape index (κ1) is 16.2. The van der Waals surface area contributed by atoms with Crippen LogP contribution in [0.4, 0.5) is 5.69 Å². The molecule has 130 valence electrons. The maximum Gasteiger partial charge on any atom is 0.258 e. The van der Waals surface area contributed by atoms with Gasteiger partial charge in [-0.25, -0.2) is 4.68 Å². The lowest BCUT2D eigenvalue weighted by molar-refractivity contribution is 0.102. The van der Waals surface area contributed by atoms with Gasteiger partial charge in [0.2, 0.25) is 0 Å². The van der Waals surface area contributed by atoms with E-state index in [-0.39, 0.29) is 5.91 Å². The third-order valence-corrected chi connectivity index (χ3v) is 5.37. The fraction of sp³-hybridized carbons (Fsp3) is 0.111. The number of carbonyl (C=O) groups excluding carboxylic acids is 1. The Hall–Kier alpha value is -3.26. The minimum absolute atomic E-state index is 0.135. The Bertz CT molecular complexity index is 1050. The number of hydrogen-bond acceptors (Lipinski definition) is 5. The fourth-order valence-electron chi connectivity index (χ4n) is 2.73. The highest BCUT2D eigenvalue weighted by Gasteiger charge is 2.20. The maximum absolute atomic E-state index is 13.0. The lowest BCUT2D eigenvalue weighted by Crippen LogP contribution is -2.14. The van der Waals surface area contributed by atoms with Gasteiger partial charge in [0, 0.05) is 23.0 Å². The molecule has 0 bridgehead atoms. The zero-order valence-electron chi connectivity index (χ0n) is 14.2. The monoisotopic (exact) mass is 364 g/mol. The molecule has 0 radical (unpaired) electrons. The van der Waals surface area contributed by atoms with E-state index in [1.807, 2.05) is 67.2 Å². The van der Waals surface area contributed by atoms with Crippen LogP contribution in [0.5, 0.6) is 0 Å². The Morgan fingerprint density at radius 3 is 2.69 bits per heavy atom. The standard InChI is InChI=1S/C18H16N6OS/c1-12-13(2)26-18(23-8-3-4-9-23)16(12)17(25)20-14-6-5-7-15(10-14)24-11-19-21-22-24/h3-11H,1-2H3,(H,20,25). The Morgan fingerprint density at radius 1 is 1.15 bits per heavy atom. The van der Waals surface area contributed by atoms with Crippen molar-refractivity contribution in [2.45, 2.75) is 13.8 Å². The number of rotatable bonds is 4. The molecular weight excluding hydrogens is 348 g/mol. The van der Waals surface area contributed by atoms with E-state index in [0.29, 0.717) is 11.3 Å². The third kappa shape index (κ3) is 2.91. The molecule has 7 nitrogen and oxygen atoms in total. The Morgan fingerprint density at radius 2 is 1.96 bits per heavy atom. The SMILES string of the molecule is Cc1sc(-n2cccc2)c(C(=O)Nc2cccc(-n3cnnn3)c2)c1C. The number of hydrogen-bond donors (Lipinski definition) is 1.